The molecule has 0 radical (unpaired) electrons. The standard InChI is InChI=1S/C32H34F3N5O3S/c1-19-7-10-27-28(14-19)44(43)38(18-24-6-4-5-12-39(24)27)17-23-15-22(9-8-20(23)2)26(16-29(41)42)25-11-13-40-30(21(25)3)36-37-31(40)32(33,34)35/h7-11,13-15,24,26H,4-6,12,16-18H2,1-3H3,(H,41,42). The van der Waals surface area contributed by atoms with E-state index in [1.807, 2.05) is 42.4 Å². The third-order valence-corrected chi connectivity index (χ3v) is 10.3. The zero-order valence-corrected chi connectivity index (χ0v) is 25.6. The van der Waals surface area contributed by atoms with Crippen LogP contribution in [0.4, 0.5) is 18.9 Å². The summed E-state index contributed by atoms with van der Waals surface area (Å²) in [6, 6.07) is 13.7. The number of carboxylic acid groups (broad SMARTS) is 1. The minimum atomic E-state index is -4.68. The quantitative estimate of drug-likeness (QED) is 0.275. The minimum absolute atomic E-state index is 0.0310. The summed E-state index contributed by atoms with van der Waals surface area (Å²) in [4.78, 5) is 15.3. The van der Waals surface area contributed by atoms with Crippen molar-refractivity contribution in [3.8, 4) is 0 Å². The highest BCUT2D eigenvalue weighted by Crippen LogP contribution is 2.38. The van der Waals surface area contributed by atoms with Crippen molar-refractivity contribution in [3.05, 3.63) is 87.9 Å². The van der Waals surface area contributed by atoms with Crippen LogP contribution in [-0.2, 0) is 28.5 Å². The molecule has 2 aromatic carbocycles. The normalized spacial score (nSPS) is 19.8. The van der Waals surface area contributed by atoms with E-state index in [0.717, 1.165) is 57.5 Å². The number of aryl methyl sites for hydroxylation is 3. The Labute approximate surface area is 256 Å². The Morgan fingerprint density at radius 3 is 2.64 bits per heavy atom. The average Bonchev–Trinajstić information content (AvgIpc) is 3.39. The summed E-state index contributed by atoms with van der Waals surface area (Å²) in [5, 5.41) is 17.0. The molecule has 2 aliphatic heterocycles. The second-order valence-electron chi connectivity index (χ2n) is 11.8. The predicted octanol–water partition coefficient (Wildman–Crippen LogP) is 6.18. The number of carbonyl (C=O) groups is 1. The highest BCUT2D eigenvalue weighted by Gasteiger charge is 2.38. The van der Waals surface area contributed by atoms with Crippen LogP contribution in [0, 0.1) is 20.8 Å². The Hall–Kier alpha value is -3.77. The zero-order valence-electron chi connectivity index (χ0n) is 24.8. The van der Waals surface area contributed by atoms with E-state index < -0.39 is 34.9 Å². The second kappa shape index (κ2) is 11.6. The first kappa shape index (κ1) is 30.3. The molecule has 6 rings (SSSR count). The fourth-order valence-corrected chi connectivity index (χ4v) is 8.08. The highest BCUT2D eigenvalue weighted by atomic mass is 32.2. The largest absolute Gasteiger partial charge is 0.481 e. The summed E-state index contributed by atoms with van der Waals surface area (Å²) in [6.45, 7) is 7.58. The number of carboxylic acids is 1. The molecule has 0 aliphatic carbocycles. The predicted molar refractivity (Wildman–Crippen MR) is 161 cm³/mol. The fourth-order valence-electron chi connectivity index (χ4n) is 6.59. The van der Waals surface area contributed by atoms with Gasteiger partial charge in [0.25, 0.3) is 0 Å². The third kappa shape index (κ3) is 5.61. The van der Waals surface area contributed by atoms with Gasteiger partial charge >= 0.3 is 12.1 Å². The number of hydrogen-bond acceptors (Lipinski definition) is 5. The molecule has 44 heavy (non-hydrogen) atoms. The van der Waals surface area contributed by atoms with Crippen molar-refractivity contribution in [3.63, 3.8) is 0 Å². The number of aliphatic carboxylic acids is 1. The molecule has 1 saturated heterocycles. The van der Waals surface area contributed by atoms with Crippen molar-refractivity contribution >= 4 is 28.3 Å². The average molecular weight is 626 g/mol. The van der Waals surface area contributed by atoms with Crippen molar-refractivity contribution in [1.82, 2.24) is 18.9 Å². The van der Waals surface area contributed by atoms with Gasteiger partial charge in [0, 0.05) is 37.8 Å². The van der Waals surface area contributed by atoms with Crippen molar-refractivity contribution < 1.29 is 27.3 Å². The van der Waals surface area contributed by atoms with Gasteiger partial charge in [-0.25, -0.2) is 8.51 Å². The number of alkyl halides is 3. The van der Waals surface area contributed by atoms with E-state index in [2.05, 4.69) is 27.2 Å². The third-order valence-electron chi connectivity index (χ3n) is 8.89. The van der Waals surface area contributed by atoms with Crippen molar-refractivity contribution in [2.75, 3.05) is 18.0 Å². The SMILES string of the molecule is Cc1ccc2c(c1)S(=O)N(Cc1cc(C(CC(=O)O)c3ccn4c(C(F)(F)F)nnc4c3C)ccc1C)CC1CCCCN21. The Kier molecular flexibility index (Phi) is 8.00. The Balaban J connectivity index is 1.38. The molecule has 4 heterocycles. The number of rotatable bonds is 6. The maximum atomic E-state index is 14.1. The highest BCUT2D eigenvalue weighted by molar-refractivity contribution is 7.82. The van der Waals surface area contributed by atoms with E-state index in [1.165, 1.54) is 12.3 Å². The topological polar surface area (TPSA) is 91.0 Å². The van der Waals surface area contributed by atoms with Crippen LogP contribution in [0.5, 0.6) is 0 Å². The molecule has 0 bridgehead atoms. The monoisotopic (exact) mass is 625 g/mol. The lowest BCUT2D eigenvalue weighted by Gasteiger charge is -2.37. The summed E-state index contributed by atoms with van der Waals surface area (Å²) in [7, 11) is -1.41. The first-order chi connectivity index (χ1) is 20.9. The molecule has 0 amide bonds. The lowest BCUT2D eigenvalue weighted by Crippen LogP contribution is -2.45. The van der Waals surface area contributed by atoms with E-state index >= 15 is 0 Å². The molecule has 12 heteroatoms. The van der Waals surface area contributed by atoms with Gasteiger partial charge in [-0.1, -0.05) is 24.3 Å². The van der Waals surface area contributed by atoms with Gasteiger partial charge in [-0.2, -0.15) is 13.2 Å². The van der Waals surface area contributed by atoms with E-state index in [-0.39, 0.29) is 18.1 Å². The number of benzene rings is 2. The molecular formula is C32H34F3N5O3S. The van der Waals surface area contributed by atoms with E-state index in [0.29, 0.717) is 29.8 Å². The lowest BCUT2D eigenvalue weighted by molar-refractivity contribution is -0.145. The minimum Gasteiger partial charge on any atom is -0.481 e. The van der Waals surface area contributed by atoms with Crippen LogP contribution in [0.15, 0.2) is 53.6 Å². The Bertz CT molecular complexity index is 1770. The van der Waals surface area contributed by atoms with Gasteiger partial charge in [-0.3, -0.25) is 9.20 Å². The summed E-state index contributed by atoms with van der Waals surface area (Å²) in [5.41, 5.74) is 5.72. The van der Waals surface area contributed by atoms with Gasteiger partial charge in [0.2, 0.25) is 5.82 Å². The molecule has 2 aliphatic rings. The Morgan fingerprint density at radius 1 is 1.09 bits per heavy atom. The number of anilines is 1. The maximum Gasteiger partial charge on any atom is 0.452 e. The van der Waals surface area contributed by atoms with Crippen molar-refractivity contribution in [2.45, 2.75) is 76.0 Å². The second-order valence-corrected chi connectivity index (χ2v) is 13.3. The van der Waals surface area contributed by atoms with Crippen molar-refractivity contribution in [2.24, 2.45) is 0 Å². The van der Waals surface area contributed by atoms with Crippen LogP contribution in [0.3, 0.4) is 0 Å². The number of halogens is 3. The first-order valence-electron chi connectivity index (χ1n) is 14.7. The summed E-state index contributed by atoms with van der Waals surface area (Å²) < 4.78 is 57.4. The molecule has 3 atom stereocenters. The van der Waals surface area contributed by atoms with Crippen LogP contribution >= 0.6 is 0 Å². The summed E-state index contributed by atoms with van der Waals surface area (Å²) in [5.74, 6) is -2.81. The molecule has 4 aromatic rings. The van der Waals surface area contributed by atoms with Gasteiger partial charge in [0.15, 0.2) is 5.65 Å². The molecule has 0 saturated carbocycles. The van der Waals surface area contributed by atoms with Gasteiger partial charge in [0.1, 0.15) is 11.0 Å². The number of pyridine rings is 1. The molecule has 1 N–H and O–H groups in total. The van der Waals surface area contributed by atoms with Gasteiger partial charge in [-0.15, -0.1) is 10.2 Å². The van der Waals surface area contributed by atoms with Crippen molar-refractivity contribution in [1.29, 1.82) is 0 Å². The van der Waals surface area contributed by atoms with Crippen LogP contribution in [0.1, 0.15) is 70.8 Å². The smallest absolute Gasteiger partial charge is 0.452 e. The van der Waals surface area contributed by atoms with E-state index in [1.54, 1.807) is 6.92 Å². The molecule has 2 aromatic heterocycles. The van der Waals surface area contributed by atoms with Crippen LogP contribution in [0.2, 0.25) is 0 Å². The first-order valence-corrected chi connectivity index (χ1v) is 15.8. The zero-order chi connectivity index (χ0) is 31.3. The Morgan fingerprint density at radius 2 is 1.89 bits per heavy atom. The number of aromatic nitrogens is 3. The van der Waals surface area contributed by atoms with Gasteiger partial charge in [-0.05, 0) is 91.6 Å². The molecule has 3 unspecified atom stereocenters. The number of fused-ring (bicyclic) bond motifs is 4. The molecular weight excluding hydrogens is 591 g/mol. The molecule has 0 spiro atoms. The lowest BCUT2D eigenvalue weighted by atomic mass is 9.85. The van der Waals surface area contributed by atoms with Gasteiger partial charge < -0.3 is 10.0 Å². The van der Waals surface area contributed by atoms with E-state index in [4.69, 9.17) is 0 Å². The maximum absolute atomic E-state index is 14.1. The molecule has 232 valence electrons. The van der Waals surface area contributed by atoms with Crippen LogP contribution in [-0.4, -0.2) is 53.3 Å². The van der Waals surface area contributed by atoms with Gasteiger partial charge in [0.05, 0.1) is 17.0 Å². The van der Waals surface area contributed by atoms with Crippen LogP contribution in [0.25, 0.3) is 5.65 Å². The number of piperidine rings is 1. The summed E-state index contributed by atoms with van der Waals surface area (Å²) in [6.07, 6.45) is -0.462. The molecule has 1 fully saturated rings. The number of hydrogen-bond donors (Lipinski definition) is 1. The van der Waals surface area contributed by atoms with E-state index in [9.17, 15) is 27.3 Å². The summed E-state index contributed by atoms with van der Waals surface area (Å²) >= 11 is 0. The van der Waals surface area contributed by atoms with Crippen LogP contribution < -0.4 is 4.90 Å². The molecule has 8 nitrogen and oxygen atoms in total. The number of nitrogens with zero attached hydrogens (tertiary/aromatic N) is 5. The fraction of sp³-hybridized carbons (Fsp3) is 0.406.